The number of rotatable bonds is 3. The first-order valence-electron chi connectivity index (χ1n) is 7.02. The molecule has 3 rings (SSSR count). The molecule has 6 heteroatoms. The molecule has 1 unspecified atom stereocenters. The largest absolute Gasteiger partial charge is 0.378 e. The highest BCUT2D eigenvalue weighted by Gasteiger charge is 2.24. The van der Waals surface area contributed by atoms with Crippen LogP contribution >= 0.6 is 23.2 Å². The van der Waals surface area contributed by atoms with Gasteiger partial charge in [-0.2, -0.15) is 0 Å². The van der Waals surface area contributed by atoms with Gasteiger partial charge in [0.05, 0.1) is 16.1 Å². The molecule has 1 atom stereocenters. The van der Waals surface area contributed by atoms with Crippen molar-refractivity contribution >= 4 is 29.6 Å². The molecule has 116 valence electrons. The van der Waals surface area contributed by atoms with Gasteiger partial charge in [0.15, 0.2) is 0 Å². The molecule has 0 saturated carbocycles. The van der Waals surface area contributed by atoms with Crippen molar-refractivity contribution in [3.05, 3.63) is 33.8 Å². The number of methoxy groups -OCH3 is 1. The van der Waals surface area contributed by atoms with Crippen LogP contribution in [0.15, 0.2) is 18.2 Å². The first-order chi connectivity index (χ1) is 10.1. The summed E-state index contributed by atoms with van der Waals surface area (Å²) in [4.78, 5) is 11.6. The summed E-state index contributed by atoms with van der Waals surface area (Å²) >= 11 is 11.8. The Morgan fingerprint density at radius 1 is 1.33 bits per heavy atom. The van der Waals surface area contributed by atoms with Crippen LogP contribution in [0.2, 0.25) is 10.0 Å². The Morgan fingerprint density at radius 2 is 2.10 bits per heavy atom. The van der Waals surface area contributed by atoms with Crippen LogP contribution in [0, 0.1) is 0 Å². The number of hydrogen-bond acceptors (Lipinski definition) is 3. The zero-order valence-electron chi connectivity index (χ0n) is 12.0. The van der Waals surface area contributed by atoms with Gasteiger partial charge in [0.1, 0.15) is 0 Å². The minimum absolute atomic E-state index is 0.292. The number of halogens is 2. The molecule has 2 aliphatic rings. The van der Waals surface area contributed by atoms with Gasteiger partial charge in [0, 0.05) is 26.7 Å². The Kier molecular flexibility index (Phi) is 6.30. The molecule has 2 saturated heterocycles. The van der Waals surface area contributed by atoms with Gasteiger partial charge >= 0.3 is 0 Å². The molecule has 1 N–H and O–H groups in total. The number of ether oxygens (including phenoxy) is 1. The Bertz CT molecular complexity index is 473. The number of likely N-dealkylation sites (tertiary alicyclic amines) is 1. The molecule has 1 aromatic rings. The molecule has 0 aliphatic carbocycles. The van der Waals surface area contributed by atoms with Crippen LogP contribution in [0.5, 0.6) is 0 Å². The number of carbonyl (C=O) groups is 1. The van der Waals surface area contributed by atoms with Crippen molar-refractivity contribution in [3.63, 3.8) is 0 Å². The van der Waals surface area contributed by atoms with E-state index in [0.29, 0.717) is 22.1 Å². The minimum atomic E-state index is 0.292. The highest BCUT2D eigenvalue weighted by Crippen LogP contribution is 2.28. The van der Waals surface area contributed by atoms with Crippen LogP contribution in [0.1, 0.15) is 17.9 Å². The second-order valence-electron chi connectivity index (χ2n) is 5.28. The van der Waals surface area contributed by atoms with Crippen LogP contribution in [0.3, 0.4) is 0 Å². The zero-order chi connectivity index (χ0) is 15.2. The molecule has 21 heavy (non-hydrogen) atoms. The maximum Gasteiger partial charge on any atom is 0.209 e. The maximum atomic E-state index is 9.92. The lowest BCUT2D eigenvalue weighted by Crippen LogP contribution is -2.50. The van der Waals surface area contributed by atoms with Gasteiger partial charge in [-0.3, -0.25) is 4.79 Å². The third kappa shape index (κ3) is 4.58. The number of nitrogens with zero attached hydrogens (tertiary/aromatic N) is 1. The van der Waals surface area contributed by atoms with E-state index in [1.165, 1.54) is 12.0 Å². The number of nitrogens with one attached hydrogen (secondary N) is 1. The lowest BCUT2D eigenvalue weighted by molar-refractivity contribution is -0.129. The SMILES string of the molecule is COC1CN(C=O)C1.Clc1ccc(C2CCNC2)cc1Cl. The lowest BCUT2D eigenvalue weighted by Gasteiger charge is -2.34. The molecule has 2 heterocycles. The van der Waals surface area contributed by atoms with Crippen molar-refractivity contribution in [1.29, 1.82) is 0 Å². The highest BCUT2D eigenvalue weighted by atomic mass is 35.5. The summed E-state index contributed by atoms with van der Waals surface area (Å²) in [5.74, 6) is 0.606. The minimum Gasteiger partial charge on any atom is -0.378 e. The van der Waals surface area contributed by atoms with E-state index >= 15 is 0 Å². The molecule has 1 aromatic carbocycles. The monoisotopic (exact) mass is 330 g/mol. The van der Waals surface area contributed by atoms with Crippen LogP contribution in [0.25, 0.3) is 0 Å². The second-order valence-corrected chi connectivity index (χ2v) is 6.09. The van der Waals surface area contributed by atoms with Gasteiger partial charge in [-0.1, -0.05) is 29.3 Å². The summed E-state index contributed by atoms with van der Waals surface area (Å²) in [6.07, 6.45) is 2.33. The predicted octanol–water partition coefficient (Wildman–Crippen LogP) is 2.54. The van der Waals surface area contributed by atoms with Gasteiger partial charge in [-0.05, 0) is 36.6 Å². The van der Waals surface area contributed by atoms with E-state index in [-0.39, 0.29) is 0 Å². The van der Waals surface area contributed by atoms with Crippen molar-refractivity contribution in [2.24, 2.45) is 0 Å². The summed E-state index contributed by atoms with van der Waals surface area (Å²) in [5, 5.41) is 4.62. The molecule has 0 aromatic heterocycles. The Morgan fingerprint density at radius 3 is 2.62 bits per heavy atom. The number of carbonyl (C=O) groups excluding carboxylic acids is 1. The summed E-state index contributed by atoms with van der Waals surface area (Å²) in [5.41, 5.74) is 1.29. The first kappa shape index (κ1) is 16.6. The van der Waals surface area contributed by atoms with Crippen molar-refractivity contribution in [2.75, 3.05) is 33.3 Å². The van der Waals surface area contributed by atoms with Gasteiger partial charge in [-0.25, -0.2) is 0 Å². The van der Waals surface area contributed by atoms with Crippen LogP contribution in [-0.2, 0) is 9.53 Å². The Balaban J connectivity index is 0.000000173. The molecule has 2 aliphatic heterocycles. The normalized spacial score (nSPS) is 21.5. The van der Waals surface area contributed by atoms with E-state index in [0.717, 1.165) is 32.6 Å². The van der Waals surface area contributed by atoms with Gasteiger partial charge in [-0.15, -0.1) is 0 Å². The lowest BCUT2D eigenvalue weighted by atomic mass is 9.99. The second kappa shape index (κ2) is 7.99. The summed E-state index contributed by atoms with van der Waals surface area (Å²) in [6.45, 7) is 3.68. The highest BCUT2D eigenvalue weighted by molar-refractivity contribution is 6.42. The molecule has 2 fully saturated rings. The molecule has 0 bridgehead atoms. The smallest absolute Gasteiger partial charge is 0.209 e. The topological polar surface area (TPSA) is 41.6 Å². The third-order valence-electron chi connectivity index (χ3n) is 3.83. The summed E-state index contributed by atoms with van der Waals surface area (Å²) in [7, 11) is 1.66. The molecule has 4 nitrogen and oxygen atoms in total. The van der Waals surface area contributed by atoms with Gasteiger partial charge < -0.3 is 15.0 Å². The zero-order valence-corrected chi connectivity index (χ0v) is 13.5. The maximum absolute atomic E-state index is 9.92. The van der Waals surface area contributed by atoms with E-state index in [9.17, 15) is 4.79 Å². The third-order valence-corrected chi connectivity index (χ3v) is 4.57. The molecular weight excluding hydrogens is 311 g/mol. The average molecular weight is 331 g/mol. The number of amides is 1. The van der Waals surface area contributed by atoms with E-state index in [1.54, 1.807) is 12.0 Å². The number of hydrogen-bond donors (Lipinski definition) is 1. The van der Waals surface area contributed by atoms with Crippen LogP contribution in [0.4, 0.5) is 0 Å². The molecule has 1 amide bonds. The first-order valence-corrected chi connectivity index (χ1v) is 7.77. The van der Waals surface area contributed by atoms with Crippen molar-refractivity contribution in [2.45, 2.75) is 18.4 Å². The summed E-state index contributed by atoms with van der Waals surface area (Å²) in [6, 6.07) is 5.91. The van der Waals surface area contributed by atoms with Crippen LogP contribution < -0.4 is 5.32 Å². The number of benzene rings is 1. The van der Waals surface area contributed by atoms with Gasteiger partial charge in [0.2, 0.25) is 6.41 Å². The summed E-state index contributed by atoms with van der Waals surface area (Å²) < 4.78 is 4.92. The van der Waals surface area contributed by atoms with E-state index < -0.39 is 0 Å². The molecule has 0 radical (unpaired) electrons. The van der Waals surface area contributed by atoms with Crippen molar-refractivity contribution < 1.29 is 9.53 Å². The van der Waals surface area contributed by atoms with Crippen molar-refractivity contribution in [1.82, 2.24) is 10.2 Å². The quantitative estimate of drug-likeness (QED) is 0.866. The fraction of sp³-hybridized carbons (Fsp3) is 0.533. The van der Waals surface area contributed by atoms with E-state index in [2.05, 4.69) is 11.4 Å². The van der Waals surface area contributed by atoms with E-state index in [4.69, 9.17) is 27.9 Å². The average Bonchev–Trinajstić information content (AvgIpc) is 2.96. The predicted molar refractivity (Wildman–Crippen MR) is 85.1 cm³/mol. The van der Waals surface area contributed by atoms with Crippen molar-refractivity contribution in [3.8, 4) is 0 Å². The fourth-order valence-electron chi connectivity index (χ4n) is 2.41. The van der Waals surface area contributed by atoms with Crippen LogP contribution in [-0.4, -0.2) is 50.7 Å². The fourth-order valence-corrected chi connectivity index (χ4v) is 2.72. The van der Waals surface area contributed by atoms with E-state index in [1.807, 2.05) is 12.1 Å². The van der Waals surface area contributed by atoms with Gasteiger partial charge in [0.25, 0.3) is 0 Å². The molecule has 0 spiro atoms. The Labute approximate surface area is 135 Å². The Hall–Kier alpha value is -0.810. The standard InChI is InChI=1S/C10H11Cl2N.C5H9NO2/c11-9-2-1-7(5-10(9)12)8-3-4-13-6-8;1-8-5-2-6(3-5)4-7/h1-2,5,8,13H,3-4,6H2;4-5H,2-3H2,1H3. The molecular formula is C15H20Cl2N2O2.